The highest BCUT2D eigenvalue weighted by atomic mass is 16.5. The molecule has 0 bridgehead atoms. The molecule has 0 aliphatic carbocycles. The Labute approximate surface area is 103 Å². The van der Waals surface area contributed by atoms with Gasteiger partial charge in [0, 0.05) is 6.04 Å². The number of aryl methyl sites for hydroxylation is 1. The van der Waals surface area contributed by atoms with E-state index in [1.165, 1.54) is 18.2 Å². The molecule has 0 saturated carbocycles. The first kappa shape index (κ1) is 13.7. The summed E-state index contributed by atoms with van der Waals surface area (Å²) in [6.07, 6.45) is 1.45. The Morgan fingerprint density at radius 3 is 2.47 bits per heavy atom. The van der Waals surface area contributed by atoms with E-state index in [0.717, 1.165) is 6.42 Å². The molecule has 0 aliphatic rings. The zero-order valence-electron chi connectivity index (χ0n) is 10.8. The summed E-state index contributed by atoms with van der Waals surface area (Å²) in [6, 6.07) is 8.31. The zero-order chi connectivity index (χ0) is 12.8. The van der Waals surface area contributed by atoms with Gasteiger partial charge in [0.2, 0.25) is 0 Å². The first-order valence-corrected chi connectivity index (χ1v) is 5.92. The molecule has 1 rings (SSSR count). The number of ether oxygens (including phenoxy) is 1. The molecule has 1 aromatic rings. The molecule has 0 fully saturated rings. The summed E-state index contributed by atoms with van der Waals surface area (Å²) in [5.74, 6) is -0.329. The second-order valence-corrected chi connectivity index (χ2v) is 4.61. The molecular formula is C14H21NO2. The fourth-order valence-electron chi connectivity index (χ4n) is 1.86. The van der Waals surface area contributed by atoms with Gasteiger partial charge >= 0.3 is 5.97 Å². The van der Waals surface area contributed by atoms with E-state index in [1.807, 2.05) is 6.92 Å². The van der Waals surface area contributed by atoms with Crippen molar-refractivity contribution in [3.8, 4) is 0 Å². The summed E-state index contributed by atoms with van der Waals surface area (Å²) < 4.78 is 4.68. The van der Waals surface area contributed by atoms with Crippen LogP contribution in [0.4, 0.5) is 0 Å². The van der Waals surface area contributed by atoms with Gasteiger partial charge in [-0.3, -0.25) is 4.79 Å². The number of nitrogens with two attached hydrogens (primary N) is 1. The van der Waals surface area contributed by atoms with Gasteiger partial charge in [-0.1, -0.05) is 36.8 Å². The van der Waals surface area contributed by atoms with Crippen LogP contribution in [-0.2, 0) is 16.0 Å². The largest absolute Gasteiger partial charge is 0.469 e. The van der Waals surface area contributed by atoms with Crippen molar-refractivity contribution < 1.29 is 9.53 Å². The van der Waals surface area contributed by atoms with Gasteiger partial charge < -0.3 is 10.5 Å². The van der Waals surface area contributed by atoms with Crippen LogP contribution in [0.2, 0.25) is 0 Å². The van der Waals surface area contributed by atoms with Gasteiger partial charge in [0.25, 0.3) is 0 Å². The maximum absolute atomic E-state index is 11.3. The molecule has 0 heterocycles. The molecule has 0 aliphatic heterocycles. The van der Waals surface area contributed by atoms with Crippen molar-refractivity contribution >= 4 is 5.97 Å². The van der Waals surface area contributed by atoms with E-state index in [4.69, 9.17) is 5.73 Å². The average molecular weight is 235 g/mol. The average Bonchev–Trinajstić information content (AvgIpc) is 2.30. The highest BCUT2D eigenvalue weighted by Gasteiger charge is 2.17. The summed E-state index contributed by atoms with van der Waals surface area (Å²) >= 11 is 0. The van der Waals surface area contributed by atoms with Crippen molar-refractivity contribution in [2.45, 2.75) is 32.7 Å². The molecule has 0 amide bonds. The maximum Gasteiger partial charge on any atom is 0.308 e. The molecule has 0 spiro atoms. The SMILES string of the molecule is COC(=O)[C@@H](C)C[C@@H](N)Cc1ccc(C)cc1. The van der Waals surface area contributed by atoms with E-state index in [1.54, 1.807) is 0 Å². The van der Waals surface area contributed by atoms with Crippen LogP contribution in [0.25, 0.3) is 0 Å². The lowest BCUT2D eigenvalue weighted by molar-refractivity contribution is -0.145. The number of benzene rings is 1. The Hall–Kier alpha value is -1.35. The van der Waals surface area contributed by atoms with Crippen LogP contribution in [-0.4, -0.2) is 19.1 Å². The fourth-order valence-corrected chi connectivity index (χ4v) is 1.86. The Morgan fingerprint density at radius 2 is 1.94 bits per heavy atom. The van der Waals surface area contributed by atoms with Gasteiger partial charge in [-0.05, 0) is 25.3 Å². The lowest BCUT2D eigenvalue weighted by Gasteiger charge is -2.15. The Kier molecular flexibility index (Phi) is 5.16. The summed E-state index contributed by atoms with van der Waals surface area (Å²) in [6.45, 7) is 3.91. The highest BCUT2D eigenvalue weighted by molar-refractivity contribution is 5.71. The number of carbonyl (C=O) groups excluding carboxylic acids is 1. The first-order chi connectivity index (χ1) is 8.02. The molecule has 17 heavy (non-hydrogen) atoms. The third-order valence-corrected chi connectivity index (χ3v) is 2.88. The van der Waals surface area contributed by atoms with Crippen LogP contribution >= 0.6 is 0 Å². The first-order valence-electron chi connectivity index (χ1n) is 5.92. The third kappa shape index (κ3) is 4.57. The van der Waals surface area contributed by atoms with Crippen LogP contribution in [0.5, 0.6) is 0 Å². The normalized spacial score (nSPS) is 14.1. The molecule has 3 heteroatoms. The molecule has 0 unspecified atom stereocenters. The number of methoxy groups -OCH3 is 1. The smallest absolute Gasteiger partial charge is 0.308 e. The number of rotatable bonds is 5. The molecule has 0 saturated heterocycles. The second kappa shape index (κ2) is 6.40. The minimum absolute atomic E-state index is 0.00759. The van der Waals surface area contributed by atoms with Gasteiger partial charge in [0.15, 0.2) is 0 Å². The van der Waals surface area contributed by atoms with Crippen molar-refractivity contribution in [2.75, 3.05) is 7.11 Å². The molecule has 0 aromatic heterocycles. The van der Waals surface area contributed by atoms with E-state index in [-0.39, 0.29) is 17.9 Å². The minimum atomic E-state index is -0.190. The Bertz CT molecular complexity index is 359. The van der Waals surface area contributed by atoms with Gasteiger partial charge in [0.1, 0.15) is 0 Å². The summed E-state index contributed by atoms with van der Waals surface area (Å²) in [5, 5.41) is 0. The van der Waals surface area contributed by atoms with E-state index in [9.17, 15) is 4.79 Å². The standard InChI is InChI=1S/C14H21NO2/c1-10-4-6-12(7-5-10)9-13(15)8-11(2)14(16)17-3/h4-7,11,13H,8-9,15H2,1-3H3/t11-,13+/m0/s1. The molecule has 2 atom stereocenters. The van der Waals surface area contributed by atoms with Crippen molar-refractivity contribution in [1.29, 1.82) is 0 Å². The molecule has 94 valence electrons. The molecule has 1 aromatic carbocycles. The molecule has 2 N–H and O–H groups in total. The van der Waals surface area contributed by atoms with E-state index in [2.05, 4.69) is 35.9 Å². The van der Waals surface area contributed by atoms with E-state index >= 15 is 0 Å². The number of hydrogen-bond acceptors (Lipinski definition) is 3. The van der Waals surface area contributed by atoms with E-state index in [0.29, 0.717) is 6.42 Å². The Balaban J connectivity index is 2.46. The topological polar surface area (TPSA) is 52.3 Å². The summed E-state index contributed by atoms with van der Waals surface area (Å²) in [4.78, 5) is 11.3. The van der Waals surface area contributed by atoms with Gasteiger partial charge in [-0.2, -0.15) is 0 Å². The number of carbonyl (C=O) groups is 1. The fraction of sp³-hybridized carbons (Fsp3) is 0.500. The quantitative estimate of drug-likeness (QED) is 0.795. The van der Waals surface area contributed by atoms with Crippen LogP contribution in [0.3, 0.4) is 0 Å². The van der Waals surface area contributed by atoms with E-state index < -0.39 is 0 Å². The molecule has 0 radical (unpaired) electrons. The van der Waals surface area contributed by atoms with Crippen molar-refractivity contribution in [3.63, 3.8) is 0 Å². The zero-order valence-corrected chi connectivity index (χ0v) is 10.8. The second-order valence-electron chi connectivity index (χ2n) is 4.61. The summed E-state index contributed by atoms with van der Waals surface area (Å²) in [7, 11) is 1.41. The molecular weight excluding hydrogens is 214 g/mol. The number of hydrogen-bond donors (Lipinski definition) is 1. The minimum Gasteiger partial charge on any atom is -0.469 e. The van der Waals surface area contributed by atoms with Crippen LogP contribution in [0.1, 0.15) is 24.5 Å². The van der Waals surface area contributed by atoms with Crippen molar-refractivity contribution in [1.82, 2.24) is 0 Å². The maximum atomic E-state index is 11.3. The van der Waals surface area contributed by atoms with Crippen LogP contribution in [0, 0.1) is 12.8 Å². The van der Waals surface area contributed by atoms with Crippen molar-refractivity contribution in [2.24, 2.45) is 11.7 Å². The van der Waals surface area contributed by atoms with Gasteiger partial charge in [0.05, 0.1) is 13.0 Å². The highest BCUT2D eigenvalue weighted by Crippen LogP contribution is 2.12. The van der Waals surface area contributed by atoms with Crippen LogP contribution in [0.15, 0.2) is 24.3 Å². The van der Waals surface area contributed by atoms with Crippen molar-refractivity contribution in [3.05, 3.63) is 35.4 Å². The van der Waals surface area contributed by atoms with Crippen LogP contribution < -0.4 is 5.73 Å². The predicted octanol–water partition coefficient (Wildman–Crippen LogP) is 2.06. The van der Waals surface area contributed by atoms with Gasteiger partial charge in [-0.25, -0.2) is 0 Å². The lowest BCUT2D eigenvalue weighted by atomic mass is 9.96. The summed E-state index contributed by atoms with van der Waals surface area (Å²) in [5.41, 5.74) is 8.48. The third-order valence-electron chi connectivity index (χ3n) is 2.88. The monoisotopic (exact) mass is 235 g/mol. The van der Waals surface area contributed by atoms with Gasteiger partial charge in [-0.15, -0.1) is 0 Å². The molecule has 3 nitrogen and oxygen atoms in total. The lowest BCUT2D eigenvalue weighted by Crippen LogP contribution is -2.28. The predicted molar refractivity (Wildman–Crippen MR) is 68.7 cm³/mol. The number of esters is 1. The Morgan fingerprint density at radius 1 is 1.35 bits per heavy atom.